The maximum Gasteiger partial charge on any atom is 0.174 e. The van der Waals surface area contributed by atoms with Crippen LogP contribution in [0.4, 0.5) is 11.5 Å². The summed E-state index contributed by atoms with van der Waals surface area (Å²) in [7, 11) is 0. The standard InChI is InChI=1S/C15H11N3O2/c19-11-5-6-12-10(9-11)4-7-13(20)15(12)18-17-14-3-1-2-8-16-14/h1-9,19-20H. The van der Waals surface area contributed by atoms with Crippen LogP contribution in [0.25, 0.3) is 10.8 Å². The van der Waals surface area contributed by atoms with E-state index in [1.54, 1.807) is 42.6 Å². The van der Waals surface area contributed by atoms with E-state index in [2.05, 4.69) is 15.2 Å². The minimum absolute atomic E-state index is 0.0304. The number of fused-ring (bicyclic) bond motifs is 1. The zero-order valence-electron chi connectivity index (χ0n) is 10.4. The fourth-order valence-electron chi connectivity index (χ4n) is 1.91. The van der Waals surface area contributed by atoms with Crippen molar-refractivity contribution in [2.75, 3.05) is 0 Å². The molecule has 0 amide bonds. The molecule has 0 saturated heterocycles. The topological polar surface area (TPSA) is 78.1 Å². The van der Waals surface area contributed by atoms with Gasteiger partial charge >= 0.3 is 0 Å². The first-order valence-electron chi connectivity index (χ1n) is 6.01. The molecule has 0 spiro atoms. The third-order valence-corrected chi connectivity index (χ3v) is 2.86. The molecule has 0 fully saturated rings. The van der Waals surface area contributed by atoms with Gasteiger partial charge in [0, 0.05) is 11.6 Å². The van der Waals surface area contributed by atoms with Crippen molar-refractivity contribution in [1.82, 2.24) is 4.98 Å². The third-order valence-electron chi connectivity index (χ3n) is 2.86. The van der Waals surface area contributed by atoms with Crippen molar-refractivity contribution < 1.29 is 10.2 Å². The van der Waals surface area contributed by atoms with E-state index in [0.29, 0.717) is 16.9 Å². The summed E-state index contributed by atoms with van der Waals surface area (Å²) >= 11 is 0. The van der Waals surface area contributed by atoms with Gasteiger partial charge in [0.1, 0.15) is 17.2 Å². The van der Waals surface area contributed by atoms with Gasteiger partial charge in [0.25, 0.3) is 0 Å². The van der Waals surface area contributed by atoms with Crippen LogP contribution in [0.5, 0.6) is 11.5 Å². The molecule has 20 heavy (non-hydrogen) atoms. The van der Waals surface area contributed by atoms with Crippen molar-refractivity contribution in [1.29, 1.82) is 0 Å². The number of aromatic nitrogens is 1. The van der Waals surface area contributed by atoms with Gasteiger partial charge in [-0.05, 0) is 41.8 Å². The van der Waals surface area contributed by atoms with Crippen LogP contribution in [-0.2, 0) is 0 Å². The Hall–Kier alpha value is -2.95. The van der Waals surface area contributed by atoms with Crippen LogP contribution in [0.3, 0.4) is 0 Å². The Kier molecular flexibility index (Phi) is 3.01. The lowest BCUT2D eigenvalue weighted by Gasteiger charge is -2.04. The van der Waals surface area contributed by atoms with Gasteiger partial charge in [-0.2, -0.15) is 0 Å². The summed E-state index contributed by atoms with van der Waals surface area (Å²) in [4.78, 5) is 4.04. The van der Waals surface area contributed by atoms with Crippen LogP contribution in [0.15, 0.2) is 65.0 Å². The van der Waals surface area contributed by atoms with Gasteiger partial charge in [-0.3, -0.25) is 0 Å². The summed E-state index contributed by atoms with van der Waals surface area (Å²) in [5.41, 5.74) is 0.355. The molecule has 2 aromatic carbocycles. The lowest BCUT2D eigenvalue weighted by Crippen LogP contribution is -1.76. The van der Waals surface area contributed by atoms with Crippen LogP contribution < -0.4 is 0 Å². The van der Waals surface area contributed by atoms with Crippen molar-refractivity contribution in [3.63, 3.8) is 0 Å². The fraction of sp³-hybridized carbons (Fsp3) is 0. The van der Waals surface area contributed by atoms with Crippen molar-refractivity contribution in [2.45, 2.75) is 0 Å². The molecule has 0 radical (unpaired) electrons. The van der Waals surface area contributed by atoms with E-state index in [9.17, 15) is 10.2 Å². The van der Waals surface area contributed by atoms with E-state index in [0.717, 1.165) is 5.39 Å². The third kappa shape index (κ3) is 2.29. The van der Waals surface area contributed by atoms with Gasteiger partial charge in [0.2, 0.25) is 0 Å². The minimum atomic E-state index is 0.0304. The molecule has 5 heteroatoms. The molecule has 0 aliphatic heterocycles. The molecular weight excluding hydrogens is 254 g/mol. The first-order valence-corrected chi connectivity index (χ1v) is 6.01. The fourth-order valence-corrected chi connectivity index (χ4v) is 1.91. The lowest BCUT2D eigenvalue weighted by atomic mass is 10.1. The minimum Gasteiger partial charge on any atom is -0.508 e. The molecule has 0 atom stereocenters. The number of pyridine rings is 1. The molecule has 3 aromatic rings. The highest BCUT2D eigenvalue weighted by Gasteiger charge is 2.07. The zero-order valence-corrected chi connectivity index (χ0v) is 10.4. The number of nitrogens with zero attached hydrogens (tertiary/aromatic N) is 3. The van der Waals surface area contributed by atoms with E-state index < -0.39 is 0 Å². The van der Waals surface area contributed by atoms with Gasteiger partial charge in [-0.15, -0.1) is 10.2 Å². The molecule has 0 bridgehead atoms. The molecule has 0 aliphatic carbocycles. The Labute approximate surface area is 114 Å². The van der Waals surface area contributed by atoms with Crippen molar-refractivity contribution >= 4 is 22.3 Å². The second-order valence-electron chi connectivity index (χ2n) is 4.23. The molecule has 5 nitrogen and oxygen atoms in total. The summed E-state index contributed by atoms with van der Waals surface area (Å²) in [5, 5.41) is 28.9. The zero-order chi connectivity index (χ0) is 13.9. The number of phenols is 2. The van der Waals surface area contributed by atoms with E-state index in [1.807, 2.05) is 6.07 Å². The summed E-state index contributed by atoms with van der Waals surface area (Å²) < 4.78 is 0. The van der Waals surface area contributed by atoms with Crippen LogP contribution in [-0.4, -0.2) is 15.2 Å². The molecule has 0 aliphatic rings. The van der Waals surface area contributed by atoms with Crippen LogP contribution >= 0.6 is 0 Å². The Bertz CT molecular complexity index is 786. The maximum absolute atomic E-state index is 9.92. The molecule has 1 aromatic heterocycles. The number of hydrogen-bond donors (Lipinski definition) is 2. The van der Waals surface area contributed by atoms with Crippen LogP contribution in [0.1, 0.15) is 0 Å². The van der Waals surface area contributed by atoms with E-state index in [4.69, 9.17) is 0 Å². The van der Waals surface area contributed by atoms with Crippen LogP contribution in [0, 0.1) is 0 Å². The highest BCUT2D eigenvalue weighted by molar-refractivity contribution is 5.95. The van der Waals surface area contributed by atoms with Crippen molar-refractivity contribution in [2.24, 2.45) is 10.2 Å². The van der Waals surface area contributed by atoms with Gasteiger partial charge in [-0.1, -0.05) is 12.1 Å². The van der Waals surface area contributed by atoms with Crippen LogP contribution in [0.2, 0.25) is 0 Å². The monoisotopic (exact) mass is 265 g/mol. The summed E-state index contributed by atoms with van der Waals surface area (Å²) in [5.74, 6) is 0.654. The number of aromatic hydroxyl groups is 2. The Morgan fingerprint density at radius 2 is 1.80 bits per heavy atom. The second kappa shape index (κ2) is 4.97. The first-order chi connectivity index (χ1) is 9.74. The molecule has 3 rings (SSSR count). The summed E-state index contributed by atoms with van der Waals surface area (Å²) in [6, 6.07) is 13.4. The predicted octanol–water partition coefficient (Wildman–Crippen LogP) is 4.06. The normalized spacial score (nSPS) is 11.2. The quantitative estimate of drug-likeness (QED) is 0.686. The van der Waals surface area contributed by atoms with Crippen molar-refractivity contribution in [3.05, 3.63) is 54.7 Å². The molecule has 2 N–H and O–H groups in total. The SMILES string of the molecule is Oc1ccc2c(N=Nc3ccccn3)c(O)ccc2c1. The highest BCUT2D eigenvalue weighted by Crippen LogP contribution is 2.37. The summed E-state index contributed by atoms with van der Waals surface area (Å²) in [6.45, 7) is 0. The first kappa shape index (κ1) is 12.1. The van der Waals surface area contributed by atoms with Crippen molar-refractivity contribution in [3.8, 4) is 11.5 Å². The largest absolute Gasteiger partial charge is 0.508 e. The highest BCUT2D eigenvalue weighted by atomic mass is 16.3. The second-order valence-corrected chi connectivity index (χ2v) is 4.23. The van der Waals surface area contributed by atoms with E-state index in [-0.39, 0.29) is 11.5 Å². The van der Waals surface area contributed by atoms with Gasteiger partial charge < -0.3 is 10.2 Å². The maximum atomic E-state index is 9.92. The Morgan fingerprint density at radius 3 is 2.60 bits per heavy atom. The average Bonchev–Trinajstić information content (AvgIpc) is 2.47. The molecule has 0 saturated carbocycles. The number of hydrogen-bond acceptors (Lipinski definition) is 5. The van der Waals surface area contributed by atoms with E-state index in [1.165, 1.54) is 6.07 Å². The molecular formula is C15H11N3O2. The molecule has 0 unspecified atom stereocenters. The number of benzene rings is 2. The van der Waals surface area contributed by atoms with Gasteiger partial charge in [-0.25, -0.2) is 4.98 Å². The molecule has 1 heterocycles. The Balaban J connectivity index is 2.11. The number of rotatable bonds is 2. The lowest BCUT2D eigenvalue weighted by molar-refractivity contribution is 0.474. The predicted molar refractivity (Wildman–Crippen MR) is 75.7 cm³/mol. The Morgan fingerprint density at radius 1 is 0.900 bits per heavy atom. The summed E-state index contributed by atoms with van der Waals surface area (Å²) in [6.07, 6.45) is 1.62. The molecule has 98 valence electrons. The van der Waals surface area contributed by atoms with Gasteiger partial charge in [0.15, 0.2) is 5.82 Å². The number of azo groups is 1. The van der Waals surface area contributed by atoms with Gasteiger partial charge in [0.05, 0.1) is 0 Å². The smallest absolute Gasteiger partial charge is 0.174 e. The van der Waals surface area contributed by atoms with E-state index >= 15 is 0 Å². The average molecular weight is 265 g/mol. The number of phenolic OH excluding ortho intramolecular Hbond substituents is 2.